The van der Waals surface area contributed by atoms with E-state index in [4.69, 9.17) is 9.47 Å². The third-order valence-electron chi connectivity index (χ3n) is 4.34. The third-order valence-corrected chi connectivity index (χ3v) is 4.34. The Labute approximate surface area is 148 Å². The number of benzene rings is 2. The summed E-state index contributed by atoms with van der Waals surface area (Å²) in [7, 11) is 2.97. The minimum atomic E-state index is -0.602. The van der Waals surface area contributed by atoms with Gasteiger partial charge in [0.05, 0.1) is 20.1 Å². The molecule has 0 aromatic heterocycles. The first-order valence-corrected chi connectivity index (χ1v) is 8.46. The number of carbonyl (C=O) groups excluding carboxylic acids is 2. The molecule has 0 bridgehead atoms. The zero-order chi connectivity index (χ0) is 18.4. The van der Waals surface area contributed by atoms with E-state index >= 15 is 0 Å². The average Bonchev–Trinajstić information content (AvgIpc) is 2.65. The van der Waals surface area contributed by atoms with Gasteiger partial charge in [-0.2, -0.15) is 0 Å². The fraction of sp³-hybridized carbons (Fsp3) is 0.400. The number of carbonyl (C=O) groups is 2. The van der Waals surface area contributed by atoms with Gasteiger partial charge in [-0.25, -0.2) is 4.79 Å². The van der Waals surface area contributed by atoms with Crippen LogP contribution in [0.25, 0.3) is 10.8 Å². The Balaban J connectivity index is 2.18. The largest absolute Gasteiger partial charge is 0.497 e. The molecule has 0 fully saturated rings. The van der Waals surface area contributed by atoms with Gasteiger partial charge in [-0.05, 0) is 41.8 Å². The molecule has 25 heavy (non-hydrogen) atoms. The summed E-state index contributed by atoms with van der Waals surface area (Å²) in [5.74, 6) is -0.160. The first-order chi connectivity index (χ1) is 12.0. The van der Waals surface area contributed by atoms with Crippen molar-refractivity contribution in [1.29, 1.82) is 0 Å². The summed E-state index contributed by atoms with van der Waals surface area (Å²) >= 11 is 0. The minimum absolute atomic E-state index is 0.184. The van der Waals surface area contributed by atoms with Crippen LogP contribution in [0, 0.1) is 0 Å². The van der Waals surface area contributed by atoms with Gasteiger partial charge in [0.2, 0.25) is 5.91 Å². The first kappa shape index (κ1) is 18.8. The molecule has 2 aromatic carbocycles. The molecule has 134 valence electrons. The number of amides is 1. The zero-order valence-corrected chi connectivity index (χ0v) is 15.2. The molecule has 5 nitrogen and oxygen atoms in total. The van der Waals surface area contributed by atoms with Crippen LogP contribution in [-0.4, -0.2) is 32.1 Å². The Morgan fingerprint density at radius 2 is 1.76 bits per heavy atom. The van der Waals surface area contributed by atoms with Crippen molar-refractivity contribution < 1.29 is 19.1 Å². The van der Waals surface area contributed by atoms with Crippen molar-refractivity contribution in [1.82, 2.24) is 5.32 Å². The molecule has 2 rings (SSSR count). The van der Waals surface area contributed by atoms with Crippen molar-refractivity contribution in [3.63, 3.8) is 0 Å². The van der Waals surface area contributed by atoms with Gasteiger partial charge in [-0.1, -0.05) is 37.6 Å². The van der Waals surface area contributed by atoms with Crippen molar-refractivity contribution in [2.75, 3.05) is 14.2 Å². The van der Waals surface area contributed by atoms with E-state index in [0.29, 0.717) is 6.42 Å². The van der Waals surface area contributed by atoms with Gasteiger partial charge < -0.3 is 14.8 Å². The van der Waals surface area contributed by atoms with E-state index in [1.165, 1.54) is 7.11 Å². The van der Waals surface area contributed by atoms with E-state index in [1.54, 1.807) is 7.11 Å². The maximum Gasteiger partial charge on any atom is 0.328 e. The molecule has 2 unspecified atom stereocenters. The van der Waals surface area contributed by atoms with Crippen molar-refractivity contribution in [2.24, 2.45) is 0 Å². The number of esters is 1. The summed E-state index contributed by atoms with van der Waals surface area (Å²) < 4.78 is 10.00. The van der Waals surface area contributed by atoms with E-state index < -0.39 is 12.0 Å². The molecular formula is C20H25NO4. The second-order valence-corrected chi connectivity index (χ2v) is 6.07. The fourth-order valence-electron chi connectivity index (χ4n) is 2.77. The Hall–Kier alpha value is -2.56. The topological polar surface area (TPSA) is 64.6 Å². The van der Waals surface area contributed by atoms with Gasteiger partial charge in [-0.15, -0.1) is 0 Å². The van der Waals surface area contributed by atoms with Crippen LogP contribution in [0.5, 0.6) is 5.75 Å². The molecule has 0 aliphatic heterocycles. The summed E-state index contributed by atoms with van der Waals surface area (Å²) in [5.41, 5.74) is 0.898. The van der Waals surface area contributed by atoms with Gasteiger partial charge >= 0.3 is 5.97 Å². The maximum absolute atomic E-state index is 12.5. The maximum atomic E-state index is 12.5. The second kappa shape index (κ2) is 8.51. The van der Waals surface area contributed by atoms with E-state index in [0.717, 1.165) is 28.5 Å². The number of fused-ring (bicyclic) bond motifs is 1. The highest BCUT2D eigenvalue weighted by molar-refractivity contribution is 5.90. The number of rotatable bonds is 7. The van der Waals surface area contributed by atoms with Crippen molar-refractivity contribution in [3.8, 4) is 5.75 Å². The smallest absolute Gasteiger partial charge is 0.328 e. The van der Waals surface area contributed by atoms with Gasteiger partial charge in [0.1, 0.15) is 11.8 Å². The molecular weight excluding hydrogens is 318 g/mol. The zero-order valence-electron chi connectivity index (χ0n) is 15.2. The van der Waals surface area contributed by atoms with Crippen LogP contribution in [0.3, 0.4) is 0 Å². The lowest BCUT2D eigenvalue weighted by molar-refractivity contribution is -0.145. The first-order valence-electron chi connectivity index (χ1n) is 8.46. The van der Waals surface area contributed by atoms with Gasteiger partial charge in [0.15, 0.2) is 0 Å². The SMILES string of the molecule is CCCC(NC(=O)C(C)c1ccc2cc(OC)ccc2c1)C(=O)OC. The Kier molecular flexibility index (Phi) is 6.39. The molecule has 0 spiro atoms. The molecule has 0 aliphatic carbocycles. The summed E-state index contributed by atoms with van der Waals surface area (Å²) in [6, 6.07) is 11.1. The summed E-state index contributed by atoms with van der Waals surface area (Å²) in [6.45, 7) is 3.80. The predicted octanol–water partition coefficient (Wildman–Crippen LogP) is 3.41. The van der Waals surface area contributed by atoms with Crippen molar-refractivity contribution in [2.45, 2.75) is 38.6 Å². The standard InChI is InChI=1S/C20H25NO4/c1-5-6-18(20(23)25-4)21-19(22)13(2)14-7-8-16-12-17(24-3)10-9-15(16)11-14/h7-13,18H,5-6H2,1-4H3,(H,21,22). The molecule has 2 atom stereocenters. The van der Waals surface area contributed by atoms with E-state index in [-0.39, 0.29) is 11.8 Å². The average molecular weight is 343 g/mol. The molecule has 1 N–H and O–H groups in total. The molecule has 1 amide bonds. The van der Waals surface area contributed by atoms with E-state index in [1.807, 2.05) is 50.2 Å². The number of nitrogens with one attached hydrogen (secondary N) is 1. The lowest BCUT2D eigenvalue weighted by atomic mass is 9.96. The molecule has 0 saturated heterocycles. The van der Waals surface area contributed by atoms with E-state index in [9.17, 15) is 9.59 Å². The van der Waals surface area contributed by atoms with Crippen LogP contribution >= 0.6 is 0 Å². The molecule has 0 heterocycles. The summed E-state index contributed by atoms with van der Waals surface area (Å²) in [5, 5.41) is 4.89. The fourth-order valence-corrected chi connectivity index (χ4v) is 2.77. The summed E-state index contributed by atoms with van der Waals surface area (Å²) in [4.78, 5) is 24.3. The summed E-state index contributed by atoms with van der Waals surface area (Å²) in [6.07, 6.45) is 1.34. The highest BCUT2D eigenvalue weighted by Gasteiger charge is 2.24. The number of methoxy groups -OCH3 is 2. The molecule has 0 saturated carbocycles. The van der Waals surface area contributed by atoms with Crippen molar-refractivity contribution in [3.05, 3.63) is 42.0 Å². The Morgan fingerprint density at radius 1 is 1.08 bits per heavy atom. The minimum Gasteiger partial charge on any atom is -0.497 e. The third kappa shape index (κ3) is 4.50. The second-order valence-electron chi connectivity index (χ2n) is 6.07. The van der Waals surface area contributed by atoms with Crippen LogP contribution in [0.4, 0.5) is 0 Å². The van der Waals surface area contributed by atoms with Crippen LogP contribution in [-0.2, 0) is 14.3 Å². The van der Waals surface area contributed by atoms with Crippen LogP contribution in [0.15, 0.2) is 36.4 Å². The molecule has 0 aliphatic rings. The monoisotopic (exact) mass is 343 g/mol. The molecule has 2 aromatic rings. The lowest BCUT2D eigenvalue weighted by Gasteiger charge is -2.19. The Morgan fingerprint density at radius 3 is 2.40 bits per heavy atom. The van der Waals surface area contributed by atoms with Crippen LogP contribution in [0.2, 0.25) is 0 Å². The lowest BCUT2D eigenvalue weighted by Crippen LogP contribution is -2.43. The number of hydrogen-bond donors (Lipinski definition) is 1. The van der Waals surface area contributed by atoms with Crippen LogP contribution < -0.4 is 10.1 Å². The number of ether oxygens (including phenoxy) is 2. The highest BCUT2D eigenvalue weighted by atomic mass is 16.5. The molecule has 5 heteroatoms. The highest BCUT2D eigenvalue weighted by Crippen LogP contribution is 2.25. The van der Waals surface area contributed by atoms with Crippen LogP contribution in [0.1, 0.15) is 38.2 Å². The van der Waals surface area contributed by atoms with Gasteiger partial charge in [-0.3, -0.25) is 4.79 Å². The quantitative estimate of drug-likeness (QED) is 0.783. The predicted molar refractivity (Wildman–Crippen MR) is 97.8 cm³/mol. The normalized spacial score (nSPS) is 13.1. The van der Waals surface area contributed by atoms with E-state index in [2.05, 4.69) is 5.32 Å². The Bertz CT molecular complexity index is 756. The van der Waals surface area contributed by atoms with Gasteiger partial charge in [0.25, 0.3) is 0 Å². The molecule has 0 radical (unpaired) electrons. The van der Waals surface area contributed by atoms with Crippen molar-refractivity contribution >= 4 is 22.6 Å². The van der Waals surface area contributed by atoms with Gasteiger partial charge in [0, 0.05) is 0 Å². The number of hydrogen-bond acceptors (Lipinski definition) is 4.